The van der Waals surface area contributed by atoms with Crippen LogP contribution < -0.4 is 4.74 Å². The topological polar surface area (TPSA) is 29.5 Å². The summed E-state index contributed by atoms with van der Waals surface area (Å²) >= 11 is 3.41. The van der Waals surface area contributed by atoms with Gasteiger partial charge in [0.2, 0.25) is 0 Å². The van der Waals surface area contributed by atoms with Crippen LogP contribution in [0.4, 0.5) is 0 Å². The molecule has 4 heteroatoms. The molecule has 0 spiro atoms. The molecular formula is C15H18BrNO2. The third kappa shape index (κ3) is 4.24. The fraction of sp³-hybridized carbons (Fsp3) is 0.267. The molecule has 0 saturated carbocycles. The molecule has 0 fully saturated rings. The molecule has 0 radical (unpaired) electrons. The third-order valence-electron chi connectivity index (χ3n) is 2.46. The van der Waals surface area contributed by atoms with E-state index in [2.05, 4.69) is 29.1 Å². The first kappa shape index (κ1) is 15.5. The van der Waals surface area contributed by atoms with E-state index in [1.807, 2.05) is 6.92 Å². The molecule has 0 bridgehead atoms. The molecule has 0 N–H and O–H groups in total. The lowest BCUT2D eigenvalue weighted by Gasteiger charge is -2.19. The molecule has 0 aliphatic rings. The number of carbonyl (C=O) groups is 1. The lowest BCUT2D eigenvalue weighted by molar-refractivity contribution is 0.0790. The van der Waals surface area contributed by atoms with E-state index in [0.29, 0.717) is 25.3 Å². The number of carbonyl (C=O) groups excluding carboxylic acids is 1. The van der Waals surface area contributed by atoms with Crippen LogP contribution in [0, 0.1) is 0 Å². The van der Waals surface area contributed by atoms with E-state index in [4.69, 9.17) is 4.74 Å². The Balaban J connectivity index is 2.94. The van der Waals surface area contributed by atoms with Gasteiger partial charge < -0.3 is 9.64 Å². The molecule has 1 aromatic carbocycles. The summed E-state index contributed by atoms with van der Waals surface area (Å²) in [5, 5.41) is 0. The van der Waals surface area contributed by atoms with Crippen LogP contribution in [0.15, 0.2) is 48.0 Å². The number of nitrogens with zero attached hydrogens (tertiary/aromatic N) is 1. The molecule has 0 unspecified atom stereocenters. The molecule has 1 rings (SSSR count). The molecule has 0 saturated heterocycles. The van der Waals surface area contributed by atoms with Crippen molar-refractivity contribution in [2.24, 2.45) is 0 Å². The smallest absolute Gasteiger partial charge is 0.254 e. The van der Waals surface area contributed by atoms with Crippen LogP contribution in [0.25, 0.3) is 0 Å². The molecule has 0 heterocycles. The number of hydrogen-bond donors (Lipinski definition) is 0. The second kappa shape index (κ2) is 7.79. The summed E-state index contributed by atoms with van der Waals surface area (Å²) in [6, 6.07) is 5.32. The molecule has 0 aliphatic heterocycles. The summed E-state index contributed by atoms with van der Waals surface area (Å²) < 4.78 is 6.20. The highest BCUT2D eigenvalue weighted by molar-refractivity contribution is 9.10. The molecule has 1 amide bonds. The second-order valence-electron chi connectivity index (χ2n) is 3.87. The van der Waals surface area contributed by atoms with Crippen LogP contribution in [0.1, 0.15) is 17.3 Å². The monoisotopic (exact) mass is 323 g/mol. The molecular weight excluding hydrogens is 306 g/mol. The average Bonchev–Trinajstić information content (AvgIpc) is 2.40. The third-order valence-corrected chi connectivity index (χ3v) is 3.08. The van der Waals surface area contributed by atoms with Crippen LogP contribution in [-0.2, 0) is 0 Å². The van der Waals surface area contributed by atoms with Gasteiger partial charge in [-0.25, -0.2) is 0 Å². The Morgan fingerprint density at radius 3 is 2.47 bits per heavy atom. The molecule has 0 aliphatic carbocycles. The van der Waals surface area contributed by atoms with Gasteiger partial charge in [-0.15, -0.1) is 13.2 Å². The molecule has 19 heavy (non-hydrogen) atoms. The van der Waals surface area contributed by atoms with Crippen molar-refractivity contribution in [2.75, 3.05) is 19.7 Å². The summed E-state index contributed by atoms with van der Waals surface area (Å²) in [7, 11) is 0. The van der Waals surface area contributed by atoms with Crippen molar-refractivity contribution in [3.05, 3.63) is 53.5 Å². The predicted molar refractivity (Wildman–Crippen MR) is 81.6 cm³/mol. The van der Waals surface area contributed by atoms with Gasteiger partial charge in [0, 0.05) is 18.7 Å². The first-order valence-corrected chi connectivity index (χ1v) is 6.86. The average molecular weight is 324 g/mol. The van der Waals surface area contributed by atoms with Gasteiger partial charge in [0.25, 0.3) is 5.91 Å². The van der Waals surface area contributed by atoms with Crippen LogP contribution in [0.2, 0.25) is 0 Å². The zero-order valence-corrected chi connectivity index (χ0v) is 12.6. The predicted octanol–water partition coefficient (Wildman–Crippen LogP) is 3.66. The van der Waals surface area contributed by atoms with Crippen LogP contribution >= 0.6 is 15.9 Å². The molecule has 3 nitrogen and oxygen atoms in total. The SMILES string of the molecule is C=CCN(CC=C)C(=O)c1ccc(OCC)c(Br)c1. The van der Waals surface area contributed by atoms with Gasteiger partial charge in [0.1, 0.15) is 5.75 Å². The van der Waals surface area contributed by atoms with E-state index >= 15 is 0 Å². The summed E-state index contributed by atoms with van der Waals surface area (Å²) in [4.78, 5) is 14.0. The summed E-state index contributed by atoms with van der Waals surface area (Å²) in [6.07, 6.45) is 3.40. The first-order valence-electron chi connectivity index (χ1n) is 6.07. The minimum atomic E-state index is -0.0523. The number of ether oxygens (including phenoxy) is 1. The number of halogens is 1. The molecule has 102 valence electrons. The minimum absolute atomic E-state index is 0.0523. The summed E-state index contributed by atoms with van der Waals surface area (Å²) in [5.74, 6) is 0.682. The lowest BCUT2D eigenvalue weighted by Crippen LogP contribution is -2.31. The second-order valence-corrected chi connectivity index (χ2v) is 4.72. The number of hydrogen-bond acceptors (Lipinski definition) is 2. The normalized spacial score (nSPS) is 9.79. The maximum atomic E-state index is 12.3. The van der Waals surface area contributed by atoms with Gasteiger partial charge in [0.15, 0.2) is 0 Å². The van der Waals surface area contributed by atoms with Crippen molar-refractivity contribution in [1.29, 1.82) is 0 Å². The standard InChI is InChI=1S/C15H18BrNO2/c1-4-9-17(10-5-2)15(18)12-7-8-14(19-6-3)13(16)11-12/h4-5,7-8,11H,1-2,6,9-10H2,3H3. The lowest BCUT2D eigenvalue weighted by atomic mass is 10.2. The summed E-state index contributed by atoms with van der Waals surface area (Å²) in [5.41, 5.74) is 0.610. The number of amides is 1. The van der Waals surface area contributed by atoms with Gasteiger partial charge in [-0.05, 0) is 41.1 Å². The maximum absolute atomic E-state index is 12.3. The maximum Gasteiger partial charge on any atom is 0.254 e. The van der Waals surface area contributed by atoms with Crippen LogP contribution in [0.5, 0.6) is 5.75 Å². The van der Waals surface area contributed by atoms with Gasteiger partial charge in [-0.1, -0.05) is 12.2 Å². The summed E-state index contributed by atoms with van der Waals surface area (Å²) in [6.45, 7) is 10.8. The van der Waals surface area contributed by atoms with Crippen molar-refractivity contribution in [3.8, 4) is 5.75 Å². The van der Waals surface area contributed by atoms with Crippen molar-refractivity contribution in [2.45, 2.75) is 6.92 Å². The van der Waals surface area contributed by atoms with Crippen molar-refractivity contribution < 1.29 is 9.53 Å². The Labute approximate surface area is 122 Å². The highest BCUT2D eigenvalue weighted by Gasteiger charge is 2.14. The van der Waals surface area contributed by atoms with E-state index in [9.17, 15) is 4.79 Å². The Bertz CT molecular complexity index is 461. The van der Waals surface area contributed by atoms with Gasteiger partial charge in [-0.2, -0.15) is 0 Å². The fourth-order valence-corrected chi connectivity index (χ4v) is 2.13. The Morgan fingerprint density at radius 1 is 1.37 bits per heavy atom. The number of rotatable bonds is 7. The zero-order valence-electron chi connectivity index (χ0n) is 11.1. The molecule has 0 atom stereocenters. The quantitative estimate of drug-likeness (QED) is 0.716. The molecule has 0 aromatic heterocycles. The largest absolute Gasteiger partial charge is 0.493 e. The minimum Gasteiger partial charge on any atom is -0.493 e. The van der Waals surface area contributed by atoms with Crippen molar-refractivity contribution in [3.63, 3.8) is 0 Å². The Kier molecular flexibility index (Phi) is 6.36. The van der Waals surface area contributed by atoms with Gasteiger partial charge >= 0.3 is 0 Å². The number of benzene rings is 1. The van der Waals surface area contributed by atoms with E-state index in [0.717, 1.165) is 10.2 Å². The van der Waals surface area contributed by atoms with E-state index in [-0.39, 0.29) is 5.91 Å². The Hall–Kier alpha value is -1.55. The van der Waals surface area contributed by atoms with Gasteiger partial charge in [-0.3, -0.25) is 4.79 Å². The van der Waals surface area contributed by atoms with E-state index in [1.165, 1.54) is 0 Å². The van der Waals surface area contributed by atoms with Crippen LogP contribution in [-0.4, -0.2) is 30.5 Å². The van der Waals surface area contributed by atoms with E-state index < -0.39 is 0 Å². The highest BCUT2D eigenvalue weighted by atomic mass is 79.9. The van der Waals surface area contributed by atoms with Crippen molar-refractivity contribution in [1.82, 2.24) is 4.90 Å². The molecule has 1 aromatic rings. The van der Waals surface area contributed by atoms with Crippen molar-refractivity contribution >= 4 is 21.8 Å². The van der Waals surface area contributed by atoms with Crippen LogP contribution in [0.3, 0.4) is 0 Å². The van der Waals surface area contributed by atoms with E-state index in [1.54, 1.807) is 35.3 Å². The fourth-order valence-electron chi connectivity index (χ4n) is 1.64. The first-order chi connectivity index (χ1) is 9.13. The zero-order chi connectivity index (χ0) is 14.3. The highest BCUT2D eigenvalue weighted by Crippen LogP contribution is 2.26. The van der Waals surface area contributed by atoms with Gasteiger partial charge in [0.05, 0.1) is 11.1 Å². The Morgan fingerprint density at radius 2 is 2.00 bits per heavy atom.